The number of hydrogen-bond acceptors (Lipinski definition) is 3. The van der Waals surface area contributed by atoms with Crippen LogP contribution in [0.15, 0.2) is 6.20 Å². The molecule has 0 aliphatic rings. The van der Waals surface area contributed by atoms with E-state index in [0.717, 1.165) is 12.8 Å². The van der Waals surface area contributed by atoms with Gasteiger partial charge in [-0.3, -0.25) is 9.48 Å². The summed E-state index contributed by atoms with van der Waals surface area (Å²) in [5.41, 5.74) is 0.610. The predicted octanol–water partition coefficient (Wildman–Crippen LogP) is 2.53. The van der Waals surface area contributed by atoms with Gasteiger partial charge in [0.2, 0.25) is 0 Å². The third kappa shape index (κ3) is 2.26. The Balaban J connectivity index is 3.09. The average Bonchev–Trinajstić information content (AvgIpc) is 2.72. The highest BCUT2D eigenvalue weighted by molar-refractivity contribution is 5.98. The SMILES string of the molecule is CCC(CC)C(=O)c1c(OC)cnn1CC. The van der Waals surface area contributed by atoms with Gasteiger partial charge in [-0.05, 0) is 19.8 Å². The summed E-state index contributed by atoms with van der Waals surface area (Å²) in [6.45, 7) is 6.72. The van der Waals surface area contributed by atoms with Crippen molar-refractivity contribution in [3.8, 4) is 5.75 Å². The molecule has 0 bridgehead atoms. The quantitative estimate of drug-likeness (QED) is 0.697. The molecule has 0 aliphatic carbocycles. The fourth-order valence-corrected chi connectivity index (χ4v) is 1.86. The number of hydrogen-bond donors (Lipinski definition) is 0. The normalized spacial score (nSPS) is 10.8. The molecule has 0 amide bonds. The monoisotopic (exact) mass is 224 g/mol. The summed E-state index contributed by atoms with van der Waals surface area (Å²) < 4.78 is 6.89. The molecule has 0 fully saturated rings. The Kier molecular flexibility index (Phi) is 4.52. The van der Waals surface area contributed by atoms with Crippen LogP contribution in [0.2, 0.25) is 0 Å². The number of rotatable bonds is 6. The molecule has 1 heterocycles. The van der Waals surface area contributed by atoms with E-state index in [4.69, 9.17) is 4.74 Å². The molecular weight excluding hydrogens is 204 g/mol. The first-order valence-corrected chi connectivity index (χ1v) is 5.83. The molecule has 0 radical (unpaired) electrons. The molecule has 0 N–H and O–H groups in total. The number of aryl methyl sites for hydroxylation is 1. The minimum Gasteiger partial charge on any atom is -0.493 e. The van der Waals surface area contributed by atoms with E-state index in [1.54, 1.807) is 18.0 Å². The van der Waals surface area contributed by atoms with Gasteiger partial charge in [-0.1, -0.05) is 13.8 Å². The maximum absolute atomic E-state index is 12.3. The summed E-state index contributed by atoms with van der Waals surface area (Å²) in [5, 5.41) is 4.15. The van der Waals surface area contributed by atoms with Crippen molar-refractivity contribution >= 4 is 5.78 Å². The minimum absolute atomic E-state index is 0.0656. The molecule has 4 nitrogen and oxygen atoms in total. The summed E-state index contributed by atoms with van der Waals surface area (Å²) in [7, 11) is 1.57. The zero-order chi connectivity index (χ0) is 12.1. The molecule has 0 spiro atoms. The van der Waals surface area contributed by atoms with Gasteiger partial charge in [-0.2, -0.15) is 5.10 Å². The fourth-order valence-electron chi connectivity index (χ4n) is 1.86. The van der Waals surface area contributed by atoms with Gasteiger partial charge in [-0.25, -0.2) is 0 Å². The van der Waals surface area contributed by atoms with Crippen LogP contribution in [0.5, 0.6) is 5.75 Å². The van der Waals surface area contributed by atoms with E-state index in [9.17, 15) is 4.79 Å². The van der Waals surface area contributed by atoms with Gasteiger partial charge in [-0.15, -0.1) is 0 Å². The van der Waals surface area contributed by atoms with Crippen molar-refractivity contribution in [3.63, 3.8) is 0 Å². The molecule has 1 aromatic rings. The second-order valence-electron chi connectivity index (χ2n) is 3.75. The number of carbonyl (C=O) groups is 1. The lowest BCUT2D eigenvalue weighted by Crippen LogP contribution is -2.18. The van der Waals surface area contributed by atoms with E-state index < -0.39 is 0 Å². The van der Waals surface area contributed by atoms with Crippen LogP contribution in [0, 0.1) is 5.92 Å². The van der Waals surface area contributed by atoms with Crippen molar-refractivity contribution in [2.24, 2.45) is 5.92 Å². The van der Waals surface area contributed by atoms with Crippen LogP contribution in [-0.2, 0) is 6.54 Å². The Morgan fingerprint density at radius 1 is 1.44 bits per heavy atom. The largest absolute Gasteiger partial charge is 0.493 e. The van der Waals surface area contributed by atoms with Gasteiger partial charge < -0.3 is 4.74 Å². The van der Waals surface area contributed by atoms with Crippen molar-refractivity contribution in [1.29, 1.82) is 0 Å². The molecule has 1 rings (SSSR count). The number of Topliss-reactive ketones (excluding diaryl/α,β-unsaturated/α-hetero) is 1. The number of nitrogens with zero attached hydrogens (tertiary/aromatic N) is 2. The van der Waals surface area contributed by atoms with Gasteiger partial charge in [0.15, 0.2) is 11.5 Å². The summed E-state index contributed by atoms with van der Waals surface area (Å²) in [4.78, 5) is 12.3. The minimum atomic E-state index is 0.0656. The standard InChI is InChI=1S/C12H20N2O2/c1-5-9(6-2)12(15)11-10(16-4)8-13-14(11)7-3/h8-9H,5-7H2,1-4H3. The average molecular weight is 224 g/mol. The van der Waals surface area contributed by atoms with Crippen LogP contribution in [0.1, 0.15) is 44.1 Å². The van der Waals surface area contributed by atoms with E-state index in [0.29, 0.717) is 18.0 Å². The summed E-state index contributed by atoms with van der Waals surface area (Å²) in [6.07, 6.45) is 3.32. The van der Waals surface area contributed by atoms with Crippen LogP contribution in [0.25, 0.3) is 0 Å². The number of methoxy groups -OCH3 is 1. The van der Waals surface area contributed by atoms with E-state index in [2.05, 4.69) is 5.10 Å². The summed E-state index contributed by atoms with van der Waals surface area (Å²) >= 11 is 0. The lowest BCUT2D eigenvalue weighted by molar-refractivity contribution is 0.0899. The lowest BCUT2D eigenvalue weighted by atomic mass is 9.96. The highest BCUT2D eigenvalue weighted by atomic mass is 16.5. The molecule has 90 valence electrons. The first kappa shape index (κ1) is 12.7. The van der Waals surface area contributed by atoms with Crippen molar-refractivity contribution in [2.75, 3.05) is 7.11 Å². The molecular formula is C12H20N2O2. The van der Waals surface area contributed by atoms with Gasteiger partial charge in [0.25, 0.3) is 0 Å². The Bertz CT molecular complexity index is 332. The second-order valence-corrected chi connectivity index (χ2v) is 3.75. The van der Waals surface area contributed by atoms with Crippen LogP contribution < -0.4 is 4.74 Å². The third-order valence-corrected chi connectivity index (χ3v) is 2.92. The van der Waals surface area contributed by atoms with Crippen LogP contribution in [0.3, 0.4) is 0 Å². The third-order valence-electron chi connectivity index (χ3n) is 2.92. The molecule has 0 aromatic carbocycles. The van der Waals surface area contributed by atoms with Crippen LogP contribution in [0.4, 0.5) is 0 Å². The molecule has 4 heteroatoms. The maximum atomic E-state index is 12.3. The Hall–Kier alpha value is -1.32. The Morgan fingerprint density at radius 3 is 2.50 bits per heavy atom. The zero-order valence-electron chi connectivity index (χ0n) is 10.5. The number of ketones is 1. The van der Waals surface area contributed by atoms with Crippen molar-refractivity contribution < 1.29 is 9.53 Å². The smallest absolute Gasteiger partial charge is 0.187 e. The van der Waals surface area contributed by atoms with Crippen molar-refractivity contribution in [1.82, 2.24) is 9.78 Å². The topological polar surface area (TPSA) is 44.1 Å². The molecule has 0 atom stereocenters. The summed E-state index contributed by atoms with van der Waals surface area (Å²) in [5.74, 6) is 0.788. The predicted molar refractivity (Wildman–Crippen MR) is 62.9 cm³/mol. The highest BCUT2D eigenvalue weighted by Gasteiger charge is 2.24. The highest BCUT2D eigenvalue weighted by Crippen LogP contribution is 2.23. The zero-order valence-corrected chi connectivity index (χ0v) is 10.5. The van der Waals surface area contributed by atoms with E-state index in [-0.39, 0.29) is 11.7 Å². The molecule has 0 unspecified atom stereocenters. The lowest BCUT2D eigenvalue weighted by Gasteiger charge is -2.13. The van der Waals surface area contributed by atoms with Crippen molar-refractivity contribution in [3.05, 3.63) is 11.9 Å². The summed E-state index contributed by atoms with van der Waals surface area (Å²) in [6, 6.07) is 0. The van der Waals surface area contributed by atoms with E-state index in [1.807, 2.05) is 20.8 Å². The second kappa shape index (κ2) is 5.68. The van der Waals surface area contributed by atoms with Gasteiger partial charge in [0.05, 0.1) is 13.3 Å². The van der Waals surface area contributed by atoms with Gasteiger partial charge in [0.1, 0.15) is 5.69 Å². The molecule has 0 aliphatic heterocycles. The first-order valence-electron chi connectivity index (χ1n) is 5.83. The molecule has 0 saturated heterocycles. The van der Waals surface area contributed by atoms with Crippen LogP contribution in [-0.4, -0.2) is 22.7 Å². The van der Waals surface area contributed by atoms with Gasteiger partial charge >= 0.3 is 0 Å². The molecule has 0 saturated carbocycles. The number of carbonyl (C=O) groups excluding carboxylic acids is 1. The Morgan fingerprint density at radius 2 is 2.06 bits per heavy atom. The molecule has 16 heavy (non-hydrogen) atoms. The van der Waals surface area contributed by atoms with E-state index >= 15 is 0 Å². The number of ether oxygens (including phenoxy) is 1. The number of aromatic nitrogens is 2. The van der Waals surface area contributed by atoms with E-state index in [1.165, 1.54) is 0 Å². The first-order chi connectivity index (χ1) is 7.69. The van der Waals surface area contributed by atoms with Crippen molar-refractivity contribution in [2.45, 2.75) is 40.2 Å². The fraction of sp³-hybridized carbons (Fsp3) is 0.667. The maximum Gasteiger partial charge on any atom is 0.187 e. The molecule has 1 aromatic heterocycles. The van der Waals surface area contributed by atoms with Gasteiger partial charge in [0, 0.05) is 12.5 Å². The van der Waals surface area contributed by atoms with Crippen LogP contribution >= 0.6 is 0 Å². The Labute approximate surface area is 96.6 Å².